The first-order valence-corrected chi connectivity index (χ1v) is 13.6. The van der Waals surface area contributed by atoms with E-state index in [-0.39, 0.29) is 27.8 Å². The summed E-state index contributed by atoms with van der Waals surface area (Å²) in [7, 11) is 0. The van der Waals surface area contributed by atoms with Crippen LogP contribution in [0.5, 0.6) is 0 Å². The number of hydrogen-bond donors (Lipinski definition) is 0. The van der Waals surface area contributed by atoms with Crippen LogP contribution in [0.15, 0.2) is 42.5 Å². The van der Waals surface area contributed by atoms with Gasteiger partial charge in [0.05, 0.1) is 25.8 Å². The second kappa shape index (κ2) is 10.2. The molecule has 0 unspecified atom stereocenters. The van der Waals surface area contributed by atoms with Gasteiger partial charge in [0.15, 0.2) is 0 Å². The van der Waals surface area contributed by atoms with Crippen molar-refractivity contribution < 1.29 is 9.72 Å². The van der Waals surface area contributed by atoms with Crippen LogP contribution in [-0.2, 0) is 0 Å². The SMILES string of the molecule is CCSC(SCC)[C@@H]1CCCN1C(=O)c1ccc(-c2nc3ccccc3s2)cc1[N+](=O)[O-]. The van der Waals surface area contributed by atoms with Crippen LogP contribution in [0.4, 0.5) is 5.69 Å². The average Bonchev–Trinajstić information content (AvgIpc) is 3.45. The molecule has 0 aliphatic carbocycles. The Hall–Kier alpha value is -2.10. The Bertz CT molecular complexity index is 1090. The highest BCUT2D eigenvalue weighted by Gasteiger charge is 2.37. The Balaban J connectivity index is 1.66. The number of para-hydroxylation sites is 1. The number of carbonyl (C=O) groups is 1. The van der Waals surface area contributed by atoms with E-state index < -0.39 is 4.92 Å². The first kappa shape index (κ1) is 23.1. The van der Waals surface area contributed by atoms with Gasteiger partial charge in [-0.05, 0) is 42.5 Å². The van der Waals surface area contributed by atoms with Crippen molar-refractivity contribution in [3.63, 3.8) is 0 Å². The highest BCUT2D eigenvalue weighted by molar-refractivity contribution is 8.17. The summed E-state index contributed by atoms with van der Waals surface area (Å²) in [5.41, 5.74) is 1.53. The molecule has 1 atom stereocenters. The molecule has 0 radical (unpaired) electrons. The minimum absolute atomic E-state index is 0.0981. The van der Waals surface area contributed by atoms with Crippen LogP contribution in [0.2, 0.25) is 0 Å². The quantitative estimate of drug-likeness (QED) is 0.211. The fourth-order valence-electron chi connectivity index (χ4n) is 4.07. The molecule has 168 valence electrons. The molecule has 9 heteroatoms. The van der Waals surface area contributed by atoms with Crippen LogP contribution in [-0.4, -0.2) is 49.4 Å². The lowest BCUT2D eigenvalue weighted by atomic mass is 10.1. The lowest BCUT2D eigenvalue weighted by Crippen LogP contribution is -2.41. The highest BCUT2D eigenvalue weighted by atomic mass is 32.2. The molecule has 1 aromatic heterocycles. The van der Waals surface area contributed by atoms with E-state index >= 15 is 0 Å². The van der Waals surface area contributed by atoms with Gasteiger partial charge in [-0.1, -0.05) is 32.0 Å². The van der Waals surface area contributed by atoms with Crippen molar-refractivity contribution in [1.82, 2.24) is 9.88 Å². The molecule has 0 saturated carbocycles. The summed E-state index contributed by atoms with van der Waals surface area (Å²) in [5, 5.41) is 12.6. The molecule has 1 saturated heterocycles. The molecule has 1 fully saturated rings. The number of rotatable bonds is 8. The number of carbonyl (C=O) groups excluding carboxylic acids is 1. The predicted octanol–water partition coefficient (Wildman–Crippen LogP) is 6.31. The first-order chi connectivity index (χ1) is 15.5. The Kier molecular flexibility index (Phi) is 7.37. The number of fused-ring (bicyclic) bond motifs is 1. The lowest BCUT2D eigenvalue weighted by Gasteiger charge is -2.30. The van der Waals surface area contributed by atoms with Crippen LogP contribution in [0.3, 0.4) is 0 Å². The minimum Gasteiger partial charge on any atom is -0.333 e. The summed E-state index contributed by atoms with van der Waals surface area (Å²) < 4.78 is 1.32. The fourth-order valence-corrected chi connectivity index (χ4v) is 7.90. The van der Waals surface area contributed by atoms with Crippen LogP contribution < -0.4 is 0 Å². The van der Waals surface area contributed by atoms with Crippen molar-refractivity contribution in [2.45, 2.75) is 37.3 Å². The largest absolute Gasteiger partial charge is 0.333 e. The number of nitro groups is 1. The van der Waals surface area contributed by atoms with E-state index in [1.807, 2.05) is 52.7 Å². The first-order valence-electron chi connectivity index (χ1n) is 10.7. The van der Waals surface area contributed by atoms with E-state index in [0.717, 1.165) is 34.6 Å². The highest BCUT2D eigenvalue weighted by Crippen LogP contribution is 2.38. The molecule has 1 amide bonds. The summed E-state index contributed by atoms with van der Waals surface area (Å²) in [5.74, 6) is 1.72. The van der Waals surface area contributed by atoms with E-state index in [4.69, 9.17) is 0 Å². The average molecular weight is 488 g/mol. The molecule has 4 rings (SSSR count). The maximum Gasteiger partial charge on any atom is 0.282 e. The number of aromatic nitrogens is 1. The number of benzene rings is 2. The topological polar surface area (TPSA) is 76.3 Å². The third-order valence-corrected chi connectivity index (χ3v) is 9.36. The van der Waals surface area contributed by atoms with Gasteiger partial charge >= 0.3 is 0 Å². The molecular formula is C23H25N3O3S3. The molecule has 3 aromatic rings. The summed E-state index contributed by atoms with van der Waals surface area (Å²) in [6.07, 6.45) is 1.87. The third-order valence-electron chi connectivity index (χ3n) is 5.50. The Morgan fingerprint density at radius 3 is 2.69 bits per heavy atom. The van der Waals surface area contributed by atoms with Gasteiger partial charge in [-0.15, -0.1) is 34.9 Å². The van der Waals surface area contributed by atoms with Gasteiger partial charge in [0.25, 0.3) is 11.6 Å². The Morgan fingerprint density at radius 1 is 1.25 bits per heavy atom. The van der Waals surface area contributed by atoms with Gasteiger partial charge in [-0.25, -0.2) is 4.98 Å². The molecule has 32 heavy (non-hydrogen) atoms. The van der Waals surface area contributed by atoms with Crippen molar-refractivity contribution in [3.8, 4) is 10.6 Å². The number of likely N-dealkylation sites (tertiary alicyclic amines) is 1. The molecule has 1 aliphatic heterocycles. The molecule has 0 bridgehead atoms. The van der Waals surface area contributed by atoms with Gasteiger partial charge in [0.2, 0.25) is 0 Å². The smallest absolute Gasteiger partial charge is 0.282 e. The number of nitro benzene ring substituents is 1. The second-order valence-electron chi connectivity index (χ2n) is 7.46. The maximum atomic E-state index is 13.5. The van der Waals surface area contributed by atoms with E-state index in [2.05, 4.69) is 18.8 Å². The number of amides is 1. The number of hydrogen-bond acceptors (Lipinski definition) is 7. The van der Waals surface area contributed by atoms with E-state index in [9.17, 15) is 14.9 Å². The standard InChI is InChI=1S/C23H25N3O3S3/c1-3-30-23(31-4-2)18-9-7-13-25(18)22(27)16-12-11-15(14-19(16)26(28)29)21-24-17-8-5-6-10-20(17)32-21/h5-6,8,10-12,14,18,23H,3-4,7,9,13H2,1-2H3/t18-/m0/s1. The van der Waals surface area contributed by atoms with Gasteiger partial charge in [0.1, 0.15) is 10.6 Å². The van der Waals surface area contributed by atoms with Crippen molar-refractivity contribution in [2.75, 3.05) is 18.1 Å². The van der Waals surface area contributed by atoms with Crippen LogP contribution >= 0.6 is 34.9 Å². The Morgan fingerprint density at radius 2 is 2.00 bits per heavy atom. The monoisotopic (exact) mass is 487 g/mol. The summed E-state index contributed by atoms with van der Waals surface area (Å²) >= 11 is 5.20. The molecule has 1 aliphatic rings. The zero-order chi connectivity index (χ0) is 22.7. The van der Waals surface area contributed by atoms with Crippen molar-refractivity contribution in [3.05, 3.63) is 58.1 Å². The molecule has 2 heterocycles. The third kappa shape index (κ3) is 4.65. The molecule has 0 spiro atoms. The van der Waals surface area contributed by atoms with Crippen molar-refractivity contribution in [2.24, 2.45) is 0 Å². The van der Waals surface area contributed by atoms with E-state index in [1.165, 1.54) is 17.4 Å². The van der Waals surface area contributed by atoms with Gasteiger partial charge < -0.3 is 4.90 Å². The van der Waals surface area contributed by atoms with Gasteiger partial charge in [-0.3, -0.25) is 14.9 Å². The molecular weight excluding hydrogens is 462 g/mol. The second-order valence-corrected chi connectivity index (χ2v) is 11.6. The number of nitrogens with zero attached hydrogens (tertiary/aromatic N) is 3. The van der Waals surface area contributed by atoms with Gasteiger partial charge in [0, 0.05) is 18.2 Å². The van der Waals surface area contributed by atoms with Crippen LogP contribution in [0.25, 0.3) is 20.8 Å². The maximum absolute atomic E-state index is 13.5. The summed E-state index contributed by atoms with van der Waals surface area (Å²) in [4.78, 5) is 31.4. The van der Waals surface area contributed by atoms with Crippen molar-refractivity contribution in [1.29, 1.82) is 0 Å². The predicted molar refractivity (Wildman–Crippen MR) is 136 cm³/mol. The van der Waals surface area contributed by atoms with Crippen LogP contribution in [0.1, 0.15) is 37.0 Å². The summed E-state index contributed by atoms with van der Waals surface area (Å²) in [6.45, 7) is 4.90. The van der Waals surface area contributed by atoms with Crippen molar-refractivity contribution >= 4 is 56.7 Å². The molecule has 0 N–H and O–H groups in total. The van der Waals surface area contributed by atoms with Crippen LogP contribution in [0, 0.1) is 10.1 Å². The number of thioether (sulfide) groups is 2. The van der Waals surface area contributed by atoms with E-state index in [0.29, 0.717) is 17.1 Å². The molecule has 2 aromatic carbocycles. The van der Waals surface area contributed by atoms with Gasteiger partial charge in [-0.2, -0.15) is 0 Å². The summed E-state index contributed by atoms with van der Waals surface area (Å²) in [6, 6.07) is 12.7. The Labute approximate surface area is 199 Å². The zero-order valence-electron chi connectivity index (χ0n) is 18.0. The fraction of sp³-hybridized carbons (Fsp3) is 0.391. The lowest BCUT2D eigenvalue weighted by molar-refractivity contribution is -0.385. The zero-order valence-corrected chi connectivity index (χ0v) is 20.5. The minimum atomic E-state index is -0.450. The van der Waals surface area contributed by atoms with E-state index in [1.54, 1.807) is 12.1 Å². The normalized spacial score (nSPS) is 16.2. The number of thiazole rings is 1. The molecule has 6 nitrogen and oxygen atoms in total.